The third-order valence-corrected chi connectivity index (χ3v) is 2.69. The van der Waals surface area contributed by atoms with Crippen LogP contribution in [-0.4, -0.2) is 98.7 Å². The maximum absolute atomic E-state index is 11.0. The van der Waals surface area contributed by atoms with Crippen LogP contribution in [0.2, 0.25) is 0 Å². The number of quaternary nitrogens is 2. The first kappa shape index (κ1) is 19.8. The van der Waals surface area contributed by atoms with Crippen molar-refractivity contribution < 1.29 is 33.5 Å². The van der Waals surface area contributed by atoms with E-state index in [2.05, 4.69) is 0 Å². The largest absolute Gasteiger partial charge is 0.481 e. The molecule has 0 radical (unpaired) electrons. The molecule has 124 valence electrons. The number of aliphatic carboxylic acids is 2. The Bertz CT molecular complexity index is 323. The number of rotatable bonds is 10. The summed E-state index contributed by atoms with van der Waals surface area (Å²) in [5, 5.41) is 18.0. The third-order valence-electron chi connectivity index (χ3n) is 2.69. The van der Waals surface area contributed by atoms with Gasteiger partial charge < -0.3 is 23.9 Å². The van der Waals surface area contributed by atoms with E-state index in [0.29, 0.717) is 22.1 Å². The second-order valence-corrected chi connectivity index (χ2v) is 7.52. The van der Waals surface area contributed by atoms with Crippen LogP contribution in [-0.2, 0) is 14.3 Å². The molecule has 7 heteroatoms. The summed E-state index contributed by atoms with van der Waals surface area (Å²) in [4.78, 5) is 22.0. The molecule has 0 saturated carbocycles. The van der Waals surface area contributed by atoms with E-state index in [1.165, 1.54) is 0 Å². The topological polar surface area (TPSA) is 83.8 Å². The fraction of sp³-hybridized carbons (Fsp3) is 0.857. The van der Waals surface area contributed by atoms with Crippen LogP contribution in [0.3, 0.4) is 0 Å². The molecule has 0 bridgehead atoms. The van der Waals surface area contributed by atoms with Crippen LogP contribution >= 0.6 is 0 Å². The molecule has 21 heavy (non-hydrogen) atoms. The van der Waals surface area contributed by atoms with Gasteiger partial charge in [-0.3, -0.25) is 9.59 Å². The quantitative estimate of drug-likeness (QED) is 0.559. The Hall–Kier alpha value is -1.18. The standard InChI is InChI=1S/C14H28N2O5/c1-15(2,3)9-11(7-13(17)18)21-12(8-14(19)20)10-16(4,5)6/h11-12H,7-10H2,1-6H3/p+2. The van der Waals surface area contributed by atoms with Crippen LogP contribution < -0.4 is 0 Å². The van der Waals surface area contributed by atoms with Gasteiger partial charge in [-0.1, -0.05) is 0 Å². The van der Waals surface area contributed by atoms with Crippen molar-refractivity contribution in [1.82, 2.24) is 0 Å². The zero-order chi connectivity index (χ0) is 16.8. The van der Waals surface area contributed by atoms with Gasteiger partial charge in [-0.05, 0) is 0 Å². The minimum atomic E-state index is -0.937. The highest BCUT2D eigenvalue weighted by Crippen LogP contribution is 2.13. The van der Waals surface area contributed by atoms with Gasteiger partial charge in [0.25, 0.3) is 0 Å². The average molecular weight is 306 g/mol. The Labute approximate surface area is 126 Å². The smallest absolute Gasteiger partial charge is 0.306 e. The maximum atomic E-state index is 11.0. The summed E-state index contributed by atoms with van der Waals surface area (Å²) in [6.45, 7) is 1.03. The molecule has 0 aromatic carbocycles. The molecule has 0 amide bonds. The summed E-state index contributed by atoms with van der Waals surface area (Å²) in [6, 6.07) is 0. The van der Waals surface area contributed by atoms with Crippen LogP contribution in [0.4, 0.5) is 0 Å². The SMILES string of the molecule is C[N+](C)(C)CC(CC(=O)O)OC(CC(=O)O)C[N+](C)(C)C. The molecule has 0 heterocycles. The molecule has 0 saturated heterocycles. The Morgan fingerprint density at radius 3 is 1.29 bits per heavy atom. The number of carboxylic acids is 2. The lowest BCUT2D eigenvalue weighted by Crippen LogP contribution is -2.48. The van der Waals surface area contributed by atoms with Crippen molar-refractivity contribution in [3.63, 3.8) is 0 Å². The second kappa shape index (κ2) is 7.72. The molecule has 7 nitrogen and oxygen atoms in total. The van der Waals surface area contributed by atoms with E-state index in [-0.39, 0.29) is 12.8 Å². The number of carboxylic acid groups (broad SMARTS) is 2. The van der Waals surface area contributed by atoms with Crippen molar-refractivity contribution >= 4 is 11.9 Å². The highest BCUT2D eigenvalue weighted by Gasteiger charge is 2.29. The van der Waals surface area contributed by atoms with Crippen LogP contribution in [0.1, 0.15) is 12.8 Å². The van der Waals surface area contributed by atoms with Gasteiger partial charge in [-0.15, -0.1) is 0 Å². The van der Waals surface area contributed by atoms with Crippen molar-refractivity contribution in [2.45, 2.75) is 25.0 Å². The summed E-state index contributed by atoms with van der Waals surface area (Å²) < 4.78 is 6.95. The van der Waals surface area contributed by atoms with Crippen molar-refractivity contribution in [3.8, 4) is 0 Å². The molecule has 0 aromatic heterocycles. The summed E-state index contributed by atoms with van der Waals surface area (Å²) in [5.74, 6) is -1.87. The predicted octanol–water partition coefficient (Wildman–Crippen LogP) is 0.102. The van der Waals surface area contributed by atoms with E-state index in [9.17, 15) is 9.59 Å². The van der Waals surface area contributed by atoms with E-state index in [1.807, 2.05) is 42.3 Å². The number of nitrogens with zero attached hydrogens (tertiary/aromatic N) is 2. The first-order valence-electron chi connectivity index (χ1n) is 6.98. The highest BCUT2D eigenvalue weighted by molar-refractivity contribution is 5.68. The Kier molecular flexibility index (Phi) is 7.29. The van der Waals surface area contributed by atoms with Gasteiger partial charge in [0.05, 0.1) is 55.1 Å². The maximum Gasteiger partial charge on any atom is 0.306 e. The van der Waals surface area contributed by atoms with E-state index in [4.69, 9.17) is 14.9 Å². The predicted molar refractivity (Wildman–Crippen MR) is 79.0 cm³/mol. The normalized spacial score (nSPS) is 15.5. The summed E-state index contributed by atoms with van der Waals surface area (Å²) in [5.41, 5.74) is 0. The highest BCUT2D eigenvalue weighted by atomic mass is 16.5. The molecule has 0 spiro atoms. The first-order chi connectivity index (χ1) is 9.28. The molecule has 0 aromatic rings. The van der Waals surface area contributed by atoms with Gasteiger partial charge in [-0.25, -0.2) is 0 Å². The monoisotopic (exact) mass is 306 g/mol. The summed E-state index contributed by atoms with van der Waals surface area (Å²) in [6.07, 6.45) is -1.25. The average Bonchev–Trinajstić information content (AvgIpc) is 2.07. The van der Waals surface area contributed by atoms with E-state index < -0.39 is 24.1 Å². The summed E-state index contributed by atoms with van der Waals surface area (Å²) >= 11 is 0. The van der Waals surface area contributed by atoms with Crippen LogP contribution in [0.25, 0.3) is 0 Å². The molecule has 0 fully saturated rings. The Morgan fingerprint density at radius 2 is 1.10 bits per heavy atom. The van der Waals surface area contributed by atoms with Crippen molar-refractivity contribution in [2.75, 3.05) is 55.4 Å². The van der Waals surface area contributed by atoms with E-state index in [1.54, 1.807) is 0 Å². The minimum absolute atomic E-state index is 0.122. The molecule has 0 rings (SSSR count). The van der Waals surface area contributed by atoms with Crippen LogP contribution in [0, 0.1) is 0 Å². The van der Waals surface area contributed by atoms with Gasteiger partial charge in [0, 0.05) is 0 Å². The van der Waals surface area contributed by atoms with E-state index in [0.717, 1.165) is 0 Å². The molecule has 2 N–H and O–H groups in total. The number of carbonyl (C=O) groups is 2. The summed E-state index contributed by atoms with van der Waals surface area (Å²) in [7, 11) is 11.7. The first-order valence-corrected chi connectivity index (χ1v) is 6.98. The van der Waals surface area contributed by atoms with Gasteiger partial charge in [-0.2, -0.15) is 0 Å². The fourth-order valence-corrected chi connectivity index (χ4v) is 2.19. The third kappa shape index (κ3) is 12.3. The van der Waals surface area contributed by atoms with Gasteiger partial charge >= 0.3 is 11.9 Å². The number of ether oxygens (including phenoxy) is 1. The van der Waals surface area contributed by atoms with Crippen molar-refractivity contribution in [1.29, 1.82) is 0 Å². The Morgan fingerprint density at radius 1 is 0.810 bits per heavy atom. The zero-order valence-electron chi connectivity index (χ0n) is 14.0. The second-order valence-electron chi connectivity index (χ2n) is 7.52. The number of hydrogen-bond donors (Lipinski definition) is 2. The van der Waals surface area contributed by atoms with E-state index >= 15 is 0 Å². The molecule has 0 aliphatic heterocycles. The molecular formula is C14H30N2O5+2. The minimum Gasteiger partial charge on any atom is -0.481 e. The molecule has 2 unspecified atom stereocenters. The Balaban J connectivity index is 4.91. The zero-order valence-corrected chi connectivity index (χ0v) is 14.0. The van der Waals surface area contributed by atoms with Gasteiger partial charge in [0.1, 0.15) is 25.3 Å². The molecule has 0 aliphatic rings. The number of hydrogen-bond acceptors (Lipinski definition) is 3. The van der Waals surface area contributed by atoms with Gasteiger partial charge in [0.15, 0.2) is 0 Å². The van der Waals surface area contributed by atoms with Crippen molar-refractivity contribution in [2.24, 2.45) is 0 Å². The lowest BCUT2D eigenvalue weighted by atomic mass is 10.2. The molecular weight excluding hydrogens is 276 g/mol. The van der Waals surface area contributed by atoms with Crippen molar-refractivity contribution in [3.05, 3.63) is 0 Å². The fourth-order valence-electron chi connectivity index (χ4n) is 2.19. The molecule has 0 aliphatic carbocycles. The van der Waals surface area contributed by atoms with Gasteiger partial charge in [0.2, 0.25) is 0 Å². The number of likely N-dealkylation sites (N-methyl/N-ethyl adjacent to an activating group) is 2. The molecule has 2 atom stereocenters. The lowest BCUT2D eigenvalue weighted by Gasteiger charge is -2.33. The van der Waals surface area contributed by atoms with Crippen LogP contribution in [0.15, 0.2) is 0 Å². The van der Waals surface area contributed by atoms with Crippen LogP contribution in [0.5, 0.6) is 0 Å². The lowest BCUT2D eigenvalue weighted by molar-refractivity contribution is -0.878.